The third kappa shape index (κ3) is 4.32. The maximum atomic E-state index is 12.3. The lowest BCUT2D eigenvalue weighted by Crippen LogP contribution is -2.22. The molecule has 0 saturated heterocycles. The highest BCUT2D eigenvalue weighted by Gasteiger charge is 2.32. The molecule has 152 valence electrons. The first kappa shape index (κ1) is 20.2. The van der Waals surface area contributed by atoms with Crippen molar-refractivity contribution in [3.05, 3.63) is 23.4 Å². The summed E-state index contributed by atoms with van der Waals surface area (Å²) in [7, 11) is 4.67. The molecule has 1 aliphatic heterocycles. The lowest BCUT2D eigenvalue weighted by Gasteiger charge is -2.27. The molecule has 6 heteroatoms. The van der Waals surface area contributed by atoms with Crippen LogP contribution in [-0.4, -0.2) is 33.2 Å². The molecule has 28 heavy (non-hydrogen) atoms. The molecule has 0 atom stereocenters. The zero-order valence-electron chi connectivity index (χ0n) is 17.1. The molecule has 1 aromatic rings. The van der Waals surface area contributed by atoms with Gasteiger partial charge in [0, 0.05) is 5.92 Å². The van der Waals surface area contributed by atoms with Crippen molar-refractivity contribution in [1.29, 1.82) is 0 Å². The average Bonchev–Trinajstić information content (AvgIpc) is 3.08. The first-order valence-corrected chi connectivity index (χ1v) is 9.92. The van der Waals surface area contributed by atoms with Gasteiger partial charge in [-0.05, 0) is 55.4 Å². The summed E-state index contributed by atoms with van der Waals surface area (Å²) in [5.74, 6) is 2.76. The minimum absolute atomic E-state index is 0.239. The van der Waals surface area contributed by atoms with Crippen molar-refractivity contribution in [2.24, 2.45) is 16.8 Å². The van der Waals surface area contributed by atoms with E-state index < -0.39 is 5.97 Å². The molecule has 1 heterocycles. The SMILES string of the molecule is CCCC1CCC(C2=NC(=Cc3cc(OC)c(OC)c(OC)c3)C(=O)O2)CC1. The molecule has 0 unspecified atom stereocenters. The van der Waals surface area contributed by atoms with Gasteiger partial charge in [0.1, 0.15) is 0 Å². The van der Waals surface area contributed by atoms with Gasteiger partial charge in [-0.1, -0.05) is 19.8 Å². The Bertz CT molecular complexity index is 750. The van der Waals surface area contributed by atoms with E-state index in [1.165, 1.54) is 25.7 Å². The van der Waals surface area contributed by atoms with Crippen LogP contribution in [0.3, 0.4) is 0 Å². The van der Waals surface area contributed by atoms with Gasteiger partial charge in [0.2, 0.25) is 11.6 Å². The number of nitrogens with zero attached hydrogens (tertiary/aromatic N) is 1. The molecule has 0 bridgehead atoms. The number of carbonyl (C=O) groups is 1. The van der Waals surface area contributed by atoms with Gasteiger partial charge in [-0.15, -0.1) is 0 Å². The number of aliphatic imine (C=N–C) groups is 1. The van der Waals surface area contributed by atoms with Crippen molar-refractivity contribution < 1.29 is 23.7 Å². The number of benzene rings is 1. The van der Waals surface area contributed by atoms with Gasteiger partial charge in [0.25, 0.3) is 0 Å². The van der Waals surface area contributed by atoms with E-state index in [2.05, 4.69) is 11.9 Å². The Balaban J connectivity index is 1.80. The fourth-order valence-electron chi connectivity index (χ4n) is 4.05. The van der Waals surface area contributed by atoms with Crippen LogP contribution in [0, 0.1) is 11.8 Å². The van der Waals surface area contributed by atoms with Crippen LogP contribution in [-0.2, 0) is 9.53 Å². The highest BCUT2D eigenvalue weighted by Crippen LogP contribution is 2.39. The van der Waals surface area contributed by atoms with Gasteiger partial charge in [-0.3, -0.25) is 0 Å². The fraction of sp³-hybridized carbons (Fsp3) is 0.545. The summed E-state index contributed by atoms with van der Waals surface area (Å²) in [6.07, 6.45) is 8.64. The number of esters is 1. The molecule has 0 radical (unpaired) electrons. The van der Waals surface area contributed by atoms with Crippen LogP contribution < -0.4 is 14.2 Å². The first-order valence-electron chi connectivity index (χ1n) is 9.92. The summed E-state index contributed by atoms with van der Waals surface area (Å²) in [6, 6.07) is 3.57. The van der Waals surface area contributed by atoms with Crippen molar-refractivity contribution in [3.8, 4) is 17.2 Å². The van der Waals surface area contributed by atoms with E-state index >= 15 is 0 Å². The molecule has 0 N–H and O–H groups in total. The monoisotopic (exact) mass is 387 g/mol. The van der Waals surface area contributed by atoms with Crippen molar-refractivity contribution in [2.75, 3.05) is 21.3 Å². The Hall–Kier alpha value is -2.50. The number of hydrogen-bond donors (Lipinski definition) is 0. The second kappa shape index (κ2) is 9.13. The molecule has 1 saturated carbocycles. The Kier molecular flexibility index (Phi) is 6.60. The Morgan fingerprint density at radius 1 is 1.07 bits per heavy atom. The molecule has 2 aliphatic rings. The highest BCUT2D eigenvalue weighted by molar-refractivity contribution is 6.07. The van der Waals surface area contributed by atoms with Gasteiger partial charge in [0.15, 0.2) is 17.2 Å². The predicted octanol–water partition coefficient (Wildman–Crippen LogP) is 4.62. The molecule has 0 aromatic heterocycles. The number of ether oxygens (including phenoxy) is 4. The normalized spacial score (nSPS) is 23.4. The van der Waals surface area contributed by atoms with E-state index in [4.69, 9.17) is 18.9 Å². The smallest absolute Gasteiger partial charge is 0.363 e. The van der Waals surface area contributed by atoms with Gasteiger partial charge in [-0.25, -0.2) is 9.79 Å². The predicted molar refractivity (Wildman–Crippen MR) is 108 cm³/mol. The summed E-state index contributed by atoms with van der Waals surface area (Å²) in [6.45, 7) is 2.23. The van der Waals surface area contributed by atoms with E-state index in [0.717, 1.165) is 24.3 Å². The molecule has 0 amide bonds. The van der Waals surface area contributed by atoms with E-state index in [0.29, 0.717) is 28.8 Å². The third-order valence-corrected chi connectivity index (χ3v) is 5.52. The summed E-state index contributed by atoms with van der Waals surface area (Å²) in [4.78, 5) is 16.8. The maximum absolute atomic E-state index is 12.3. The minimum atomic E-state index is -0.403. The molecular weight excluding hydrogens is 358 g/mol. The fourth-order valence-corrected chi connectivity index (χ4v) is 4.05. The van der Waals surface area contributed by atoms with Gasteiger partial charge in [0.05, 0.1) is 21.3 Å². The average molecular weight is 387 g/mol. The molecule has 3 rings (SSSR count). The van der Waals surface area contributed by atoms with Crippen molar-refractivity contribution in [1.82, 2.24) is 0 Å². The van der Waals surface area contributed by atoms with E-state index in [9.17, 15) is 4.79 Å². The third-order valence-electron chi connectivity index (χ3n) is 5.52. The second-order valence-electron chi connectivity index (χ2n) is 7.33. The number of methoxy groups -OCH3 is 3. The highest BCUT2D eigenvalue weighted by atomic mass is 16.6. The molecule has 0 spiro atoms. The van der Waals surface area contributed by atoms with Crippen LogP contribution in [0.2, 0.25) is 0 Å². The minimum Gasteiger partial charge on any atom is -0.493 e. The Morgan fingerprint density at radius 2 is 1.71 bits per heavy atom. The van der Waals surface area contributed by atoms with E-state index in [1.54, 1.807) is 39.5 Å². The van der Waals surface area contributed by atoms with Crippen LogP contribution in [0.4, 0.5) is 0 Å². The molecule has 1 aromatic carbocycles. The Labute approximate surface area is 166 Å². The molecule has 1 aliphatic carbocycles. The number of hydrogen-bond acceptors (Lipinski definition) is 6. The lowest BCUT2D eigenvalue weighted by molar-refractivity contribution is -0.130. The summed E-state index contributed by atoms with van der Waals surface area (Å²) in [5.41, 5.74) is 1.04. The maximum Gasteiger partial charge on any atom is 0.363 e. The molecule has 6 nitrogen and oxygen atoms in total. The van der Waals surface area contributed by atoms with E-state index in [1.807, 2.05) is 0 Å². The summed E-state index contributed by atoms with van der Waals surface area (Å²) >= 11 is 0. The zero-order chi connectivity index (χ0) is 20.1. The lowest BCUT2D eigenvalue weighted by atomic mass is 9.80. The van der Waals surface area contributed by atoms with Crippen LogP contribution >= 0.6 is 0 Å². The summed E-state index contributed by atoms with van der Waals surface area (Å²) in [5, 5.41) is 0. The zero-order valence-corrected chi connectivity index (χ0v) is 17.1. The van der Waals surface area contributed by atoms with Crippen molar-refractivity contribution in [2.45, 2.75) is 45.4 Å². The van der Waals surface area contributed by atoms with Crippen molar-refractivity contribution >= 4 is 17.9 Å². The molecular formula is C22H29NO5. The van der Waals surface area contributed by atoms with Crippen molar-refractivity contribution in [3.63, 3.8) is 0 Å². The van der Waals surface area contributed by atoms with Gasteiger partial charge in [-0.2, -0.15) is 0 Å². The summed E-state index contributed by atoms with van der Waals surface area (Å²) < 4.78 is 21.6. The number of cyclic esters (lactones) is 1. The largest absolute Gasteiger partial charge is 0.493 e. The van der Waals surface area contributed by atoms with Crippen LogP contribution in [0.15, 0.2) is 22.8 Å². The number of carbonyl (C=O) groups excluding carboxylic acids is 1. The Morgan fingerprint density at radius 3 is 2.25 bits per heavy atom. The quantitative estimate of drug-likeness (QED) is 0.505. The van der Waals surface area contributed by atoms with Crippen LogP contribution in [0.1, 0.15) is 51.0 Å². The molecule has 1 fully saturated rings. The van der Waals surface area contributed by atoms with Crippen LogP contribution in [0.5, 0.6) is 17.2 Å². The first-order chi connectivity index (χ1) is 13.6. The second-order valence-corrected chi connectivity index (χ2v) is 7.33. The van der Waals surface area contributed by atoms with Crippen LogP contribution in [0.25, 0.3) is 6.08 Å². The van der Waals surface area contributed by atoms with E-state index in [-0.39, 0.29) is 5.92 Å². The van der Waals surface area contributed by atoms with Gasteiger partial charge < -0.3 is 18.9 Å². The standard InChI is InChI=1S/C22H29NO5/c1-5-6-14-7-9-16(10-8-14)21-23-17(22(24)28-21)11-15-12-18(25-2)20(27-4)19(13-15)26-3/h11-14,16H,5-10H2,1-4H3. The van der Waals surface area contributed by atoms with Gasteiger partial charge >= 0.3 is 5.97 Å². The number of rotatable bonds is 7. The topological polar surface area (TPSA) is 66.3 Å².